The minimum atomic E-state index is -3.46. The Hall–Kier alpha value is -2.75. The van der Waals surface area contributed by atoms with Crippen molar-refractivity contribution in [2.45, 2.75) is 25.3 Å². The molecule has 3 aromatic rings. The molecule has 0 bridgehead atoms. The average Bonchev–Trinajstić information content (AvgIpc) is 2.73. The molecule has 0 radical (unpaired) electrons. The van der Waals surface area contributed by atoms with E-state index in [4.69, 9.17) is 20.5 Å². The molecule has 1 aromatic heterocycles. The highest BCUT2D eigenvalue weighted by Crippen LogP contribution is 2.42. The fourth-order valence-electron chi connectivity index (χ4n) is 4.04. The highest BCUT2D eigenvalue weighted by Gasteiger charge is 2.31. The molecule has 0 spiro atoms. The van der Waals surface area contributed by atoms with Crippen molar-refractivity contribution in [2.75, 3.05) is 20.0 Å². The molecule has 174 valence electrons. The van der Waals surface area contributed by atoms with Crippen molar-refractivity contribution >= 4 is 38.6 Å². The van der Waals surface area contributed by atoms with Crippen LogP contribution >= 0.6 is 11.6 Å². The minimum absolute atomic E-state index is 0.153. The van der Waals surface area contributed by atoms with Gasteiger partial charge in [-0.05, 0) is 54.5 Å². The summed E-state index contributed by atoms with van der Waals surface area (Å²) in [5, 5.41) is 0.888. The quantitative estimate of drug-likeness (QED) is 0.369. The number of carbonyl (C=O) groups excluding carboxylic acids is 1. The van der Waals surface area contributed by atoms with Crippen molar-refractivity contribution in [3.8, 4) is 11.4 Å². The number of methoxy groups -OCH3 is 1. The first-order chi connectivity index (χ1) is 15.6. The van der Waals surface area contributed by atoms with Gasteiger partial charge < -0.3 is 4.74 Å². The summed E-state index contributed by atoms with van der Waals surface area (Å²) in [5.74, 6) is 0.114. The number of hydrogen-bond donors (Lipinski definition) is 0. The molecule has 1 aliphatic carbocycles. The predicted molar refractivity (Wildman–Crippen MR) is 125 cm³/mol. The molecule has 1 heterocycles. The first-order valence-corrected chi connectivity index (χ1v) is 12.6. The minimum Gasteiger partial charge on any atom is -0.468 e. The predicted octanol–water partition coefficient (Wildman–Crippen LogP) is 3.36. The van der Waals surface area contributed by atoms with Crippen LogP contribution in [-0.4, -0.2) is 43.9 Å². The van der Waals surface area contributed by atoms with Crippen LogP contribution in [0.3, 0.4) is 0 Å². The second-order valence-corrected chi connectivity index (χ2v) is 10.3. The zero-order valence-corrected chi connectivity index (χ0v) is 19.7. The van der Waals surface area contributed by atoms with Gasteiger partial charge in [0.25, 0.3) is 15.7 Å². The second-order valence-electron chi connectivity index (χ2n) is 8.21. The van der Waals surface area contributed by atoms with Crippen LogP contribution in [0.2, 0.25) is 5.02 Å². The van der Waals surface area contributed by atoms with Crippen LogP contribution in [-0.2, 0) is 30.4 Å². The van der Waals surface area contributed by atoms with Crippen LogP contribution in [0.1, 0.15) is 24.3 Å². The Morgan fingerprint density at radius 1 is 1.21 bits per heavy atom. The van der Waals surface area contributed by atoms with E-state index in [0.29, 0.717) is 27.3 Å². The lowest BCUT2D eigenvalue weighted by Crippen LogP contribution is -2.29. The van der Waals surface area contributed by atoms with E-state index in [1.54, 1.807) is 36.4 Å². The molecule has 8 nitrogen and oxygen atoms in total. The number of nitrogens with zero attached hydrogens (tertiary/aromatic N) is 2. The Morgan fingerprint density at radius 2 is 1.97 bits per heavy atom. The van der Waals surface area contributed by atoms with Crippen molar-refractivity contribution in [3.63, 3.8) is 0 Å². The molecule has 1 aliphatic rings. The third kappa shape index (κ3) is 5.26. The van der Waals surface area contributed by atoms with Crippen molar-refractivity contribution in [1.82, 2.24) is 9.55 Å². The highest BCUT2D eigenvalue weighted by atomic mass is 35.5. The van der Waals surface area contributed by atoms with Gasteiger partial charge in [0, 0.05) is 10.6 Å². The lowest BCUT2D eigenvalue weighted by Gasteiger charge is -2.35. The first-order valence-electron chi connectivity index (χ1n) is 10.4. The standard InChI is InChI=1S/C23H23ClN2O6S/c1-31-21(27)12-26-22(16-4-3-5-18(24)10-16)25-20-7-6-15(11-19(20)23(26)28)17-8-14(9-17)13-32-33(2,29)30/h3-7,10-11,14,17H,8-9,12-13H2,1-2H3. The molecule has 0 aliphatic heterocycles. The van der Waals surface area contributed by atoms with E-state index in [-0.39, 0.29) is 30.5 Å². The summed E-state index contributed by atoms with van der Waals surface area (Å²) >= 11 is 6.13. The molecule has 1 fully saturated rings. The maximum absolute atomic E-state index is 13.4. The number of rotatable bonds is 7. The Balaban J connectivity index is 1.69. The Kier molecular flexibility index (Phi) is 6.56. The molecule has 33 heavy (non-hydrogen) atoms. The SMILES string of the molecule is COC(=O)Cn1c(-c2cccc(Cl)c2)nc2ccc(C3CC(COS(C)(=O)=O)C3)cc2c1=O. The fourth-order valence-corrected chi connectivity index (χ4v) is 4.67. The molecule has 0 atom stereocenters. The van der Waals surface area contributed by atoms with Gasteiger partial charge in [-0.15, -0.1) is 0 Å². The molecule has 0 saturated heterocycles. The number of fused-ring (bicyclic) bond motifs is 1. The number of ether oxygens (including phenoxy) is 1. The van der Waals surface area contributed by atoms with E-state index >= 15 is 0 Å². The normalized spacial score (nSPS) is 18.2. The molecular weight excluding hydrogens is 468 g/mol. The van der Waals surface area contributed by atoms with E-state index in [0.717, 1.165) is 24.7 Å². The maximum atomic E-state index is 13.4. The van der Waals surface area contributed by atoms with E-state index in [1.165, 1.54) is 11.7 Å². The number of aromatic nitrogens is 2. The van der Waals surface area contributed by atoms with Crippen LogP contribution in [0.5, 0.6) is 0 Å². The summed E-state index contributed by atoms with van der Waals surface area (Å²) in [5.41, 5.74) is 1.74. The van der Waals surface area contributed by atoms with Crippen LogP contribution < -0.4 is 5.56 Å². The number of carbonyl (C=O) groups is 1. The van der Waals surface area contributed by atoms with Crippen LogP contribution in [0, 0.1) is 5.92 Å². The Morgan fingerprint density at radius 3 is 2.64 bits per heavy atom. The highest BCUT2D eigenvalue weighted by molar-refractivity contribution is 7.85. The fraction of sp³-hybridized carbons (Fsp3) is 0.348. The number of hydrogen-bond acceptors (Lipinski definition) is 7. The Labute approximate surface area is 196 Å². The van der Waals surface area contributed by atoms with Crippen LogP contribution in [0.15, 0.2) is 47.3 Å². The average molecular weight is 491 g/mol. The number of esters is 1. The molecule has 0 amide bonds. The summed E-state index contributed by atoms with van der Waals surface area (Å²) in [6.45, 7) is -0.113. The van der Waals surface area contributed by atoms with Gasteiger partial charge in [-0.1, -0.05) is 29.8 Å². The summed E-state index contributed by atoms with van der Waals surface area (Å²) in [6.07, 6.45) is 2.58. The van der Waals surface area contributed by atoms with E-state index in [2.05, 4.69) is 4.98 Å². The molecule has 4 rings (SSSR count). The third-order valence-electron chi connectivity index (χ3n) is 5.80. The lowest BCUT2D eigenvalue weighted by molar-refractivity contribution is -0.141. The first kappa shape index (κ1) is 23.4. The largest absolute Gasteiger partial charge is 0.468 e. The molecule has 0 N–H and O–H groups in total. The monoisotopic (exact) mass is 490 g/mol. The number of halogens is 1. The van der Waals surface area contributed by atoms with Crippen molar-refractivity contribution in [3.05, 3.63) is 63.4 Å². The second kappa shape index (κ2) is 9.24. The lowest BCUT2D eigenvalue weighted by atomic mass is 9.72. The summed E-state index contributed by atoms with van der Waals surface area (Å²) < 4.78 is 33.3. The Bertz CT molecular complexity index is 1380. The summed E-state index contributed by atoms with van der Waals surface area (Å²) in [6, 6.07) is 12.5. The number of benzene rings is 2. The van der Waals surface area contributed by atoms with Crippen molar-refractivity contribution < 1.29 is 22.1 Å². The molecule has 1 saturated carbocycles. The molecule has 10 heteroatoms. The molecule has 2 aromatic carbocycles. The van der Waals surface area contributed by atoms with Crippen molar-refractivity contribution in [2.24, 2.45) is 5.92 Å². The zero-order valence-electron chi connectivity index (χ0n) is 18.2. The van der Waals surface area contributed by atoms with Crippen LogP contribution in [0.4, 0.5) is 0 Å². The molecule has 0 unspecified atom stereocenters. The zero-order chi connectivity index (χ0) is 23.8. The van der Waals surface area contributed by atoms with Gasteiger partial charge in [0.2, 0.25) is 0 Å². The van der Waals surface area contributed by atoms with Gasteiger partial charge in [0.1, 0.15) is 12.4 Å². The van der Waals surface area contributed by atoms with Gasteiger partial charge in [-0.3, -0.25) is 18.3 Å². The van der Waals surface area contributed by atoms with Gasteiger partial charge in [-0.2, -0.15) is 8.42 Å². The van der Waals surface area contributed by atoms with E-state index in [9.17, 15) is 18.0 Å². The smallest absolute Gasteiger partial charge is 0.325 e. The third-order valence-corrected chi connectivity index (χ3v) is 6.60. The van der Waals surface area contributed by atoms with Gasteiger partial charge >= 0.3 is 5.97 Å². The van der Waals surface area contributed by atoms with Gasteiger partial charge in [-0.25, -0.2) is 4.98 Å². The molecular formula is C23H23ClN2O6S. The van der Waals surface area contributed by atoms with Gasteiger partial charge in [0.15, 0.2) is 0 Å². The maximum Gasteiger partial charge on any atom is 0.325 e. The van der Waals surface area contributed by atoms with E-state index < -0.39 is 16.1 Å². The summed E-state index contributed by atoms with van der Waals surface area (Å²) in [4.78, 5) is 30.1. The summed E-state index contributed by atoms with van der Waals surface area (Å²) in [7, 11) is -2.19. The van der Waals surface area contributed by atoms with Gasteiger partial charge in [0.05, 0.1) is 30.9 Å². The van der Waals surface area contributed by atoms with E-state index in [1.807, 2.05) is 6.07 Å². The van der Waals surface area contributed by atoms with Crippen molar-refractivity contribution in [1.29, 1.82) is 0 Å². The topological polar surface area (TPSA) is 105 Å². The van der Waals surface area contributed by atoms with Crippen LogP contribution in [0.25, 0.3) is 22.3 Å².